The van der Waals surface area contributed by atoms with E-state index in [1.54, 1.807) is 23.7 Å². The van der Waals surface area contributed by atoms with Gasteiger partial charge in [-0.2, -0.15) is 0 Å². The molecule has 3 aromatic heterocycles. The Morgan fingerprint density at radius 3 is 3.04 bits per heavy atom. The van der Waals surface area contributed by atoms with Crippen LogP contribution in [0.5, 0.6) is 0 Å². The van der Waals surface area contributed by atoms with Crippen LogP contribution in [0.4, 0.5) is 5.13 Å². The number of hydrogen-bond acceptors (Lipinski definition) is 8. The van der Waals surface area contributed by atoms with Crippen molar-refractivity contribution in [3.05, 3.63) is 46.5 Å². The molecule has 0 bridgehead atoms. The molecule has 0 radical (unpaired) electrons. The molecule has 3 rings (SSSR count). The normalized spacial score (nSPS) is 12.0. The molecule has 0 saturated heterocycles. The Bertz CT molecular complexity index is 771. The number of furan rings is 1. The smallest absolute Gasteiger partial charge is 0.231 e. The van der Waals surface area contributed by atoms with Crippen LogP contribution in [0.15, 0.2) is 44.7 Å². The molecule has 0 aliphatic heterocycles. The number of rotatable bonds is 9. The SMILES string of the molecule is CC(NC(=O)CSc1nnc(NCCc2cccs2)s1)c1ccco1. The fraction of sp³-hybridized carbons (Fsp3) is 0.312. The van der Waals surface area contributed by atoms with Crippen LogP contribution in [0.1, 0.15) is 23.6 Å². The van der Waals surface area contributed by atoms with E-state index in [0.717, 1.165) is 28.2 Å². The van der Waals surface area contributed by atoms with E-state index in [1.165, 1.54) is 28.0 Å². The third kappa shape index (κ3) is 5.58. The lowest BCUT2D eigenvalue weighted by atomic mass is 10.2. The Kier molecular flexibility index (Phi) is 6.48. The summed E-state index contributed by atoms with van der Waals surface area (Å²) in [5.74, 6) is 0.984. The van der Waals surface area contributed by atoms with Gasteiger partial charge in [0.1, 0.15) is 5.76 Å². The van der Waals surface area contributed by atoms with Crippen molar-refractivity contribution in [3.63, 3.8) is 0 Å². The molecule has 0 aliphatic carbocycles. The second kappa shape index (κ2) is 9.02. The van der Waals surface area contributed by atoms with Gasteiger partial charge in [0.15, 0.2) is 4.34 Å². The van der Waals surface area contributed by atoms with Crippen molar-refractivity contribution in [1.29, 1.82) is 0 Å². The number of aromatic nitrogens is 2. The maximum atomic E-state index is 12.0. The summed E-state index contributed by atoms with van der Waals surface area (Å²) in [5, 5.41) is 17.2. The highest BCUT2D eigenvalue weighted by Gasteiger charge is 2.13. The third-order valence-corrected chi connectivity index (χ3v) is 6.26. The summed E-state index contributed by atoms with van der Waals surface area (Å²) in [6, 6.07) is 7.68. The molecule has 0 fully saturated rings. The van der Waals surface area contributed by atoms with E-state index in [0.29, 0.717) is 5.75 Å². The number of carbonyl (C=O) groups is 1. The highest BCUT2D eigenvalue weighted by atomic mass is 32.2. The molecule has 132 valence electrons. The quantitative estimate of drug-likeness (QED) is 0.537. The zero-order valence-electron chi connectivity index (χ0n) is 13.6. The van der Waals surface area contributed by atoms with E-state index in [-0.39, 0.29) is 11.9 Å². The topological polar surface area (TPSA) is 80.0 Å². The Morgan fingerprint density at radius 1 is 1.36 bits per heavy atom. The van der Waals surface area contributed by atoms with Crippen LogP contribution < -0.4 is 10.6 Å². The first kappa shape index (κ1) is 18.0. The molecule has 0 spiro atoms. The van der Waals surface area contributed by atoms with Crippen LogP contribution in [-0.4, -0.2) is 28.4 Å². The number of amides is 1. The van der Waals surface area contributed by atoms with Crippen LogP contribution >= 0.6 is 34.4 Å². The molecule has 3 aromatic rings. The van der Waals surface area contributed by atoms with Gasteiger partial charge in [-0.3, -0.25) is 4.79 Å². The van der Waals surface area contributed by atoms with Crippen molar-refractivity contribution in [2.45, 2.75) is 23.7 Å². The first-order valence-electron chi connectivity index (χ1n) is 7.76. The zero-order valence-corrected chi connectivity index (χ0v) is 16.0. The molecule has 9 heteroatoms. The van der Waals surface area contributed by atoms with E-state index in [9.17, 15) is 4.79 Å². The second-order valence-electron chi connectivity index (χ2n) is 5.22. The van der Waals surface area contributed by atoms with Crippen molar-refractivity contribution >= 4 is 45.5 Å². The predicted molar refractivity (Wildman–Crippen MR) is 102 cm³/mol. The Balaban J connectivity index is 1.38. The van der Waals surface area contributed by atoms with Crippen LogP contribution in [0.25, 0.3) is 0 Å². The number of thioether (sulfide) groups is 1. The lowest BCUT2D eigenvalue weighted by Gasteiger charge is -2.10. The fourth-order valence-electron chi connectivity index (χ4n) is 2.11. The van der Waals surface area contributed by atoms with Crippen molar-refractivity contribution in [1.82, 2.24) is 15.5 Å². The number of carbonyl (C=O) groups excluding carboxylic acids is 1. The van der Waals surface area contributed by atoms with E-state index in [2.05, 4.69) is 38.3 Å². The van der Waals surface area contributed by atoms with Gasteiger partial charge < -0.3 is 15.1 Å². The average molecular weight is 395 g/mol. The zero-order chi connectivity index (χ0) is 17.5. The summed E-state index contributed by atoms with van der Waals surface area (Å²) in [5.41, 5.74) is 0. The molecule has 6 nitrogen and oxygen atoms in total. The Morgan fingerprint density at radius 2 is 2.28 bits per heavy atom. The van der Waals surface area contributed by atoms with Crippen molar-refractivity contribution in [2.24, 2.45) is 0 Å². The Labute approximate surface area is 158 Å². The molecule has 1 amide bonds. The van der Waals surface area contributed by atoms with Gasteiger partial charge in [-0.05, 0) is 36.9 Å². The lowest BCUT2D eigenvalue weighted by Crippen LogP contribution is -2.27. The number of thiophene rings is 1. The van der Waals surface area contributed by atoms with Crippen molar-refractivity contribution in [3.8, 4) is 0 Å². The Hall–Kier alpha value is -1.84. The molecule has 1 unspecified atom stereocenters. The first-order valence-corrected chi connectivity index (χ1v) is 10.4. The predicted octanol–water partition coefficient (Wildman–Crippen LogP) is 3.82. The molecule has 2 N–H and O–H groups in total. The monoisotopic (exact) mass is 394 g/mol. The summed E-state index contributed by atoms with van der Waals surface area (Å²) in [7, 11) is 0. The molecule has 1 atom stereocenters. The van der Waals surface area contributed by atoms with Gasteiger partial charge in [0.05, 0.1) is 18.1 Å². The summed E-state index contributed by atoms with van der Waals surface area (Å²) in [6.07, 6.45) is 2.56. The molecule has 25 heavy (non-hydrogen) atoms. The van der Waals surface area contributed by atoms with Crippen LogP contribution in [0.2, 0.25) is 0 Å². The molecule has 0 saturated carbocycles. The van der Waals surface area contributed by atoms with Gasteiger partial charge in [-0.15, -0.1) is 21.5 Å². The second-order valence-corrected chi connectivity index (χ2v) is 8.45. The van der Waals surface area contributed by atoms with E-state index >= 15 is 0 Å². The van der Waals surface area contributed by atoms with Gasteiger partial charge in [0.25, 0.3) is 0 Å². The number of hydrogen-bond donors (Lipinski definition) is 2. The first-order chi connectivity index (χ1) is 12.2. The van der Waals surface area contributed by atoms with E-state index in [4.69, 9.17) is 4.42 Å². The van der Waals surface area contributed by atoms with Crippen LogP contribution in [0.3, 0.4) is 0 Å². The minimum atomic E-state index is -0.146. The van der Waals surface area contributed by atoms with E-state index < -0.39 is 0 Å². The minimum absolute atomic E-state index is 0.0590. The van der Waals surface area contributed by atoms with Gasteiger partial charge in [-0.25, -0.2) is 0 Å². The largest absolute Gasteiger partial charge is 0.467 e. The van der Waals surface area contributed by atoms with Gasteiger partial charge in [-0.1, -0.05) is 29.2 Å². The van der Waals surface area contributed by atoms with Gasteiger partial charge in [0, 0.05) is 11.4 Å². The number of nitrogens with zero attached hydrogens (tertiary/aromatic N) is 2. The maximum Gasteiger partial charge on any atom is 0.231 e. The lowest BCUT2D eigenvalue weighted by molar-refractivity contribution is -0.119. The average Bonchev–Trinajstić information content (AvgIpc) is 3.35. The van der Waals surface area contributed by atoms with Crippen LogP contribution in [-0.2, 0) is 11.2 Å². The van der Waals surface area contributed by atoms with E-state index in [1.807, 2.05) is 13.0 Å². The highest BCUT2D eigenvalue weighted by Crippen LogP contribution is 2.25. The minimum Gasteiger partial charge on any atom is -0.467 e. The van der Waals surface area contributed by atoms with Crippen LogP contribution in [0, 0.1) is 0 Å². The summed E-state index contributed by atoms with van der Waals surface area (Å²) in [6.45, 7) is 2.71. The standard InChI is InChI=1S/C16H18N4O2S3/c1-11(13-5-2-8-22-13)18-14(21)10-24-16-20-19-15(25-16)17-7-6-12-4-3-9-23-12/h2-5,8-9,11H,6-7,10H2,1H3,(H,17,19)(H,18,21). The highest BCUT2D eigenvalue weighted by molar-refractivity contribution is 8.01. The van der Waals surface area contributed by atoms with Crippen molar-refractivity contribution < 1.29 is 9.21 Å². The summed E-state index contributed by atoms with van der Waals surface area (Å²) >= 11 is 4.60. The fourth-order valence-corrected chi connectivity index (χ4v) is 4.40. The van der Waals surface area contributed by atoms with Gasteiger partial charge >= 0.3 is 0 Å². The number of nitrogens with one attached hydrogen (secondary N) is 2. The molecular weight excluding hydrogens is 376 g/mol. The molecular formula is C16H18N4O2S3. The van der Waals surface area contributed by atoms with Crippen molar-refractivity contribution in [2.75, 3.05) is 17.6 Å². The van der Waals surface area contributed by atoms with Gasteiger partial charge in [0.2, 0.25) is 11.0 Å². The summed E-state index contributed by atoms with van der Waals surface area (Å²) < 4.78 is 6.05. The summed E-state index contributed by atoms with van der Waals surface area (Å²) in [4.78, 5) is 13.3. The molecule has 3 heterocycles. The molecule has 0 aromatic carbocycles. The molecule has 0 aliphatic rings. The third-order valence-electron chi connectivity index (χ3n) is 3.31. The number of anilines is 1. The maximum absolute atomic E-state index is 12.0.